The van der Waals surface area contributed by atoms with Crippen molar-refractivity contribution in [2.75, 3.05) is 0 Å². The van der Waals surface area contributed by atoms with Crippen molar-refractivity contribution in [3.8, 4) is 0 Å². The lowest BCUT2D eigenvalue weighted by Gasteiger charge is -2.37. The first kappa shape index (κ1) is 11.0. The van der Waals surface area contributed by atoms with Gasteiger partial charge in [0.1, 0.15) is 0 Å². The van der Waals surface area contributed by atoms with E-state index in [-0.39, 0.29) is 12.3 Å². The van der Waals surface area contributed by atoms with Crippen molar-refractivity contribution < 1.29 is 19.8 Å². The lowest BCUT2D eigenvalue weighted by atomic mass is 9.65. The van der Waals surface area contributed by atoms with Gasteiger partial charge in [0.05, 0.1) is 11.8 Å². The summed E-state index contributed by atoms with van der Waals surface area (Å²) >= 11 is 0. The van der Waals surface area contributed by atoms with Crippen LogP contribution in [0.25, 0.3) is 0 Å². The van der Waals surface area contributed by atoms with Crippen molar-refractivity contribution in [1.29, 1.82) is 0 Å². The van der Waals surface area contributed by atoms with Crippen LogP contribution in [0.15, 0.2) is 0 Å². The molecular formula is C10H16O4. The fourth-order valence-corrected chi connectivity index (χ4v) is 2.34. The second-order valence-corrected chi connectivity index (χ2v) is 4.18. The van der Waals surface area contributed by atoms with Crippen LogP contribution in [0.1, 0.15) is 39.0 Å². The molecule has 80 valence electrons. The van der Waals surface area contributed by atoms with Gasteiger partial charge < -0.3 is 10.2 Å². The zero-order chi connectivity index (χ0) is 10.8. The molecule has 0 aromatic rings. The average molecular weight is 200 g/mol. The zero-order valence-electron chi connectivity index (χ0n) is 8.32. The van der Waals surface area contributed by atoms with Gasteiger partial charge in [-0.2, -0.15) is 0 Å². The maximum absolute atomic E-state index is 11.2. The first-order valence-electron chi connectivity index (χ1n) is 4.94. The first-order valence-corrected chi connectivity index (χ1v) is 4.94. The van der Waals surface area contributed by atoms with E-state index in [0.717, 1.165) is 19.3 Å². The highest BCUT2D eigenvalue weighted by Gasteiger charge is 2.46. The van der Waals surface area contributed by atoms with Gasteiger partial charge in [0.2, 0.25) is 0 Å². The van der Waals surface area contributed by atoms with Crippen LogP contribution in [0.4, 0.5) is 0 Å². The van der Waals surface area contributed by atoms with E-state index in [1.807, 2.05) is 6.92 Å². The molecule has 1 aliphatic rings. The summed E-state index contributed by atoms with van der Waals surface area (Å²) in [5.74, 6) is -2.00. The number of hydrogen-bond acceptors (Lipinski definition) is 2. The number of rotatable bonds is 3. The van der Waals surface area contributed by atoms with E-state index in [4.69, 9.17) is 10.2 Å². The Morgan fingerprint density at radius 3 is 2.43 bits per heavy atom. The monoisotopic (exact) mass is 200 g/mol. The highest BCUT2D eigenvalue weighted by Crippen LogP contribution is 2.44. The van der Waals surface area contributed by atoms with E-state index in [1.54, 1.807) is 0 Å². The van der Waals surface area contributed by atoms with E-state index in [2.05, 4.69) is 0 Å². The molecule has 0 aliphatic heterocycles. The minimum Gasteiger partial charge on any atom is -0.481 e. The summed E-state index contributed by atoms with van der Waals surface area (Å²) in [4.78, 5) is 21.8. The van der Waals surface area contributed by atoms with Gasteiger partial charge >= 0.3 is 11.9 Å². The zero-order valence-corrected chi connectivity index (χ0v) is 8.32. The third kappa shape index (κ3) is 1.89. The van der Waals surface area contributed by atoms with Crippen LogP contribution < -0.4 is 0 Å². The lowest BCUT2D eigenvalue weighted by molar-refractivity contribution is -0.161. The summed E-state index contributed by atoms with van der Waals surface area (Å²) in [7, 11) is 0. The van der Waals surface area contributed by atoms with Gasteiger partial charge in [0, 0.05) is 0 Å². The first-order chi connectivity index (χ1) is 6.49. The summed E-state index contributed by atoms with van der Waals surface area (Å²) in [6.07, 6.45) is 2.90. The molecule has 0 radical (unpaired) electrons. The summed E-state index contributed by atoms with van der Waals surface area (Å²) < 4.78 is 0. The van der Waals surface area contributed by atoms with E-state index >= 15 is 0 Å². The molecule has 0 bridgehead atoms. The average Bonchev–Trinajstić information content (AvgIpc) is 2.08. The highest BCUT2D eigenvalue weighted by atomic mass is 16.4. The van der Waals surface area contributed by atoms with Crippen LogP contribution in [0.2, 0.25) is 0 Å². The molecule has 4 nitrogen and oxygen atoms in total. The van der Waals surface area contributed by atoms with Crippen molar-refractivity contribution in [1.82, 2.24) is 0 Å². The largest absolute Gasteiger partial charge is 0.481 e. The van der Waals surface area contributed by atoms with Gasteiger partial charge in [-0.15, -0.1) is 0 Å². The SMILES string of the molecule is CC1CCCCC1(CC(=O)O)C(=O)O. The number of carbonyl (C=O) groups is 2. The van der Waals surface area contributed by atoms with Crippen LogP contribution >= 0.6 is 0 Å². The van der Waals surface area contributed by atoms with E-state index in [9.17, 15) is 9.59 Å². The lowest BCUT2D eigenvalue weighted by Crippen LogP contribution is -2.41. The van der Waals surface area contributed by atoms with Crippen LogP contribution in [0.5, 0.6) is 0 Å². The van der Waals surface area contributed by atoms with Crippen molar-refractivity contribution in [3.63, 3.8) is 0 Å². The molecule has 1 rings (SSSR count). The molecule has 0 aromatic carbocycles. The number of aliphatic carboxylic acids is 2. The summed E-state index contributed by atoms with van der Waals surface area (Å²) in [5.41, 5.74) is -1.02. The normalized spacial score (nSPS) is 32.5. The number of hydrogen-bond donors (Lipinski definition) is 2. The standard InChI is InChI=1S/C10H16O4/c1-7-4-2-3-5-10(7,9(13)14)6-8(11)12/h7H,2-6H2,1H3,(H,11,12)(H,13,14). The summed E-state index contributed by atoms with van der Waals surface area (Å²) in [5, 5.41) is 17.9. The third-order valence-corrected chi connectivity index (χ3v) is 3.35. The Labute approximate surface area is 82.9 Å². The topological polar surface area (TPSA) is 74.6 Å². The predicted octanol–water partition coefficient (Wildman–Crippen LogP) is 1.74. The van der Waals surface area contributed by atoms with E-state index in [0.29, 0.717) is 6.42 Å². The van der Waals surface area contributed by atoms with E-state index in [1.165, 1.54) is 0 Å². The molecule has 0 heterocycles. The molecule has 0 aromatic heterocycles. The Bertz CT molecular complexity index is 249. The van der Waals surface area contributed by atoms with Crippen LogP contribution in [-0.2, 0) is 9.59 Å². The molecule has 0 amide bonds. The molecule has 1 aliphatic carbocycles. The summed E-state index contributed by atoms with van der Waals surface area (Å²) in [6, 6.07) is 0. The fourth-order valence-electron chi connectivity index (χ4n) is 2.34. The van der Waals surface area contributed by atoms with Crippen molar-refractivity contribution in [3.05, 3.63) is 0 Å². The molecule has 4 heteroatoms. The predicted molar refractivity (Wildman–Crippen MR) is 50.0 cm³/mol. The second kappa shape index (κ2) is 3.98. The molecule has 2 unspecified atom stereocenters. The molecule has 2 atom stereocenters. The minimum absolute atomic E-state index is 0.0372. The molecule has 0 spiro atoms. The van der Waals surface area contributed by atoms with Gasteiger partial charge in [-0.3, -0.25) is 9.59 Å². The van der Waals surface area contributed by atoms with Crippen LogP contribution in [0, 0.1) is 11.3 Å². The van der Waals surface area contributed by atoms with Gasteiger partial charge in [-0.05, 0) is 18.8 Å². The van der Waals surface area contributed by atoms with E-state index < -0.39 is 17.4 Å². The van der Waals surface area contributed by atoms with Crippen LogP contribution in [0.3, 0.4) is 0 Å². The second-order valence-electron chi connectivity index (χ2n) is 4.18. The third-order valence-electron chi connectivity index (χ3n) is 3.35. The quantitative estimate of drug-likeness (QED) is 0.727. The molecule has 1 saturated carbocycles. The van der Waals surface area contributed by atoms with Gasteiger partial charge in [0.25, 0.3) is 0 Å². The maximum atomic E-state index is 11.2. The van der Waals surface area contributed by atoms with Crippen molar-refractivity contribution in [2.24, 2.45) is 11.3 Å². The minimum atomic E-state index is -1.02. The fraction of sp³-hybridized carbons (Fsp3) is 0.800. The van der Waals surface area contributed by atoms with Crippen molar-refractivity contribution >= 4 is 11.9 Å². The molecular weight excluding hydrogens is 184 g/mol. The van der Waals surface area contributed by atoms with Crippen molar-refractivity contribution in [2.45, 2.75) is 39.0 Å². The van der Waals surface area contributed by atoms with Gasteiger partial charge in [-0.1, -0.05) is 19.8 Å². The van der Waals surface area contributed by atoms with Crippen LogP contribution in [-0.4, -0.2) is 22.2 Å². The Balaban J connectivity index is 2.88. The Hall–Kier alpha value is -1.06. The maximum Gasteiger partial charge on any atom is 0.310 e. The smallest absolute Gasteiger partial charge is 0.310 e. The Morgan fingerprint density at radius 1 is 1.36 bits per heavy atom. The molecule has 14 heavy (non-hydrogen) atoms. The molecule has 0 saturated heterocycles. The van der Waals surface area contributed by atoms with Gasteiger partial charge in [-0.25, -0.2) is 0 Å². The molecule has 1 fully saturated rings. The Kier molecular flexibility index (Phi) is 3.13. The van der Waals surface area contributed by atoms with Gasteiger partial charge in [0.15, 0.2) is 0 Å². The molecule has 2 N–H and O–H groups in total. The number of carboxylic acid groups (broad SMARTS) is 2. The Morgan fingerprint density at radius 2 is 2.00 bits per heavy atom. The number of carboxylic acids is 2. The highest BCUT2D eigenvalue weighted by molar-refractivity contribution is 5.81. The summed E-state index contributed by atoms with van der Waals surface area (Å²) in [6.45, 7) is 1.84.